The van der Waals surface area contributed by atoms with Crippen LogP contribution in [0.3, 0.4) is 0 Å². The Bertz CT molecular complexity index is 1720. The van der Waals surface area contributed by atoms with Gasteiger partial charge in [0.15, 0.2) is 11.5 Å². The highest BCUT2D eigenvalue weighted by molar-refractivity contribution is 9.10. The van der Waals surface area contributed by atoms with Crippen LogP contribution in [0.4, 0.5) is 0 Å². The predicted molar refractivity (Wildman–Crippen MR) is 137 cm³/mol. The zero-order chi connectivity index (χ0) is 25.1. The fourth-order valence-corrected chi connectivity index (χ4v) is 5.15. The van der Waals surface area contributed by atoms with E-state index in [9.17, 15) is 19.8 Å². The molecular formula is C26H14Br2O8. The van der Waals surface area contributed by atoms with E-state index >= 15 is 0 Å². The molecule has 0 aliphatic carbocycles. The van der Waals surface area contributed by atoms with Crippen LogP contribution < -0.4 is 20.7 Å². The van der Waals surface area contributed by atoms with Crippen molar-refractivity contribution >= 4 is 53.8 Å². The summed E-state index contributed by atoms with van der Waals surface area (Å²) in [6, 6.07) is 14.4. The van der Waals surface area contributed by atoms with Gasteiger partial charge in [0.05, 0.1) is 27.8 Å². The summed E-state index contributed by atoms with van der Waals surface area (Å²) in [4.78, 5) is 26.6. The number of benzene rings is 3. The van der Waals surface area contributed by atoms with Gasteiger partial charge in [-0.15, -0.1) is 0 Å². The Morgan fingerprint density at radius 1 is 0.694 bits per heavy atom. The molecule has 6 rings (SSSR count). The largest absolute Gasteiger partial charge is 0.507 e. The average molecular weight is 614 g/mol. The number of rotatable bonds is 3. The maximum absolute atomic E-state index is 13.3. The first-order valence-electron chi connectivity index (χ1n) is 10.6. The first kappa shape index (κ1) is 22.7. The van der Waals surface area contributed by atoms with E-state index in [1.54, 1.807) is 54.6 Å². The van der Waals surface area contributed by atoms with Gasteiger partial charge in [0.25, 0.3) is 0 Å². The number of halogens is 2. The number of ether oxygens (including phenoxy) is 2. The van der Waals surface area contributed by atoms with Gasteiger partial charge in [0, 0.05) is 8.95 Å². The second-order valence-electron chi connectivity index (χ2n) is 8.13. The van der Waals surface area contributed by atoms with Crippen molar-refractivity contribution < 1.29 is 28.5 Å². The zero-order valence-electron chi connectivity index (χ0n) is 18.1. The lowest BCUT2D eigenvalue weighted by atomic mass is 9.84. The summed E-state index contributed by atoms with van der Waals surface area (Å²) >= 11 is 6.71. The minimum absolute atomic E-state index is 0.0121. The number of hydrogen-bond donors (Lipinski definition) is 2. The molecule has 0 amide bonds. The molecule has 0 bridgehead atoms. The van der Waals surface area contributed by atoms with Crippen LogP contribution in [-0.4, -0.2) is 17.0 Å². The fraction of sp³-hybridized carbons (Fsp3) is 0.0769. The molecule has 2 aromatic heterocycles. The molecule has 0 saturated carbocycles. The van der Waals surface area contributed by atoms with E-state index in [0.717, 1.165) is 0 Å². The topological polar surface area (TPSA) is 119 Å². The Hall–Kier alpha value is -3.76. The zero-order valence-corrected chi connectivity index (χ0v) is 21.3. The summed E-state index contributed by atoms with van der Waals surface area (Å²) in [7, 11) is 0. The summed E-state index contributed by atoms with van der Waals surface area (Å²) < 4.78 is 23.2. The quantitative estimate of drug-likeness (QED) is 0.247. The molecule has 5 aromatic rings. The first-order valence-corrected chi connectivity index (χ1v) is 12.2. The molecule has 0 unspecified atom stereocenters. The average Bonchev–Trinajstić information content (AvgIpc) is 3.32. The van der Waals surface area contributed by atoms with Crippen LogP contribution in [0.15, 0.2) is 82.0 Å². The van der Waals surface area contributed by atoms with Crippen molar-refractivity contribution in [2.75, 3.05) is 6.79 Å². The van der Waals surface area contributed by atoms with Crippen molar-refractivity contribution in [1.29, 1.82) is 0 Å². The van der Waals surface area contributed by atoms with Gasteiger partial charge >= 0.3 is 11.3 Å². The van der Waals surface area contributed by atoms with Gasteiger partial charge < -0.3 is 28.5 Å². The van der Waals surface area contributed by atoms with Gasteiger partial charge in [-0.3, -0.25) is 0 Å². The van der Waals surface area contributed by atoms with Crippen molar-refractivity contribution in [3.8, 4) is 23.0 Å². The third kappa shape index (κ3) is 3.56. The van der Waals surface area contributed by atoms with Crippen molar-refractivity contribution in [2.45, 2.75) is 5.92 Å². The number of fused-ring (bicyclic) bond motifs is 3. The van der Waals surface area contributed by atoms with Crippen LogP contribution in [0.2, 0.25) is 0 Å². The van der Waals surface area contributed by atoms with E-state index in [2.05, 4.69) is 31.9 Å². The second-order valence-corrected chi connectivity index (χ2v) is 9.96. The Kier molecular flexibility index (Phi) is 5.31. The van der Waals surface area contributed by atoms with E-state index < -0.39 is 28.7 Å². The lowest BCUT2D eigenvalue weighted by Crippen LogP contribution is -2.21. The number of hydrogen-bond acceptors (Lipinski definition) is 8. The molecule has 36 heavy (non-hydrogen) atoms. The van der Waals surface area contributed by atoms with Gasteiger partial charge in [0.1, 0.15) is 22.7 Å². The molecule has 1 aliphatic rings. The highest BCUT2D eigenvalue weighted by atomic mass is 79.9. The summed E-state index contributed by atoms with van der Waals surface area (Å²) in [6.07, 6.45) is 0. The van der Waals surface area contributed by atoms with Crippen molar-refractivity contribution in [1.82, 2.24) is 0 Å². The third-order valence-corrected chi connectivity index (χ3v) is 7.04. The lowest BCUT2D eigenvalue weighted by molar-refractivity contribution is 0.174. The lowest BCUT2D eigenvalue weighted by Gasteiger charge is -2.20. The van der Waals surface area contributed by atoms with Crippen LogP contribution in [0, 0.1) is 0 Å². The van der Waals surface area contributed by atoms with Gasteiger partial charge in [-0.2, -0.15) is 0 Å². The molecule has 0 spiro atoms. The second kappa shape index (κ2) is 8.42. The fourth-order valence-electron chi connectivity index (χ4n) is 4.43. The van der Waals surface area contributed by atoms with Crippen molar-refractivity contribution in [2.24, 2.45) is 0 Å². The molecule has 10 heteroatoms. The monoisotopic (exact) mass is 612 g/mol. The summed E-state index contributed by atoms with van der Waals surface area (Å²) in [5, 5.41) is 23.1. The SMILES string of the molecule is O=c1oc2ccc(Br)cc2c(O)c1C(c1ccc2c(c1)OCO2)c1c(O)c2cc(Br)ccc2oc1=O. The molecule has 0 saturated heterocycles. The Labute approximate surface area is 218 Å². The van der Waals surface area contributed by atoms with E-state index in [1.165, 1.54) is 0 Å². The molecule has 180 valence electrons. The van der Waals surface area contributed by atoms with E-state index in [-0.39, 0.29) is 39.9 Å². The standard InChI is InChI=1S/C26H14Br2O8/c27-12-2-5-16-14(8-12)23(29)21(25(31)35-16)20(11-1-4-18-19(7-11)34-10-33-18)22-24(30)15-9-13(28)3-6-17(15)36-26(22)32/h1-9,20,29-30H,10H2. The Balaban J connectivity index is 1.72. The normalized spacial score (nSPS) is 12.6. The molecule has 3 aromatic carbocycles. The van der Waals surface area contributed by atoms with Crippen LogP contribution in [-0.2, 0) is 0 Å². The van der Waals surface area contributed by atoms with E-state index in [0.29, 0.717) is 26.0 Å². The molecule has 3 heterocycles. The van der Waals surface area contributed by atoms with Gasteiger partial charge in [0.2, 0.25) is 6.79 Å². The van der Waals surface area contributed by atoms with Crippen LogP contribution in [0.5, 0.6) is 23.0 Å². The predicted octanol–water partition coefficient (Wildman–Crippen LogP) is 5.74. The molecule has 0 fully saturated rings. The Morgan fingerprint density at radius 3 is 1.78 bits per heavy atom. The van der Waals surface area contributed by atoms with Crippen LogP contribution in [0.1, 0.15) is 22.6 Å². The van der Waals surface area contributed by atoms with Gasteiger partial charge in [-0.25, -0.2) is 9.59 Å². The van der Waals surface area contributed by atoms with Crippen molar-refractivity contribution in [3.05, 3.63) is 101 Å². The maximum atomic E-state index is 13.3. The highest BCUT2D eigenvalue weighted by Gasteiger charge is 2.33. The summed E-state index contributed by atoms with van der Waals surface area (Å²) in [6.45, 7) is 0.0121. The van der Waals surface area contributed by atoms with E-state index in [4.69, 9.17) is 18.3 Å². The van der Waals surface area contributed by atoms with E-state index in [1.807, 2.05) is 0 Å². The Morgan fingerprint density at radius 2 is 1.22 bits per heavy atom. The third-order valence-electron chi connectivity index (χ3n) is 6.06. The van der Waals surface area contributed by atoms with Gasteiger partial charge in [-0.1, -0.05) is 37.9 Å². The highest BCUT2D eigenvalue weighted by Crippen LogP contribution is 2.45. The first-order chi connectivity index (χ1) is 17.3. The molecule has 0 radical (unpaired) electrons. The van der Waals surface area contributed by atoms with Crippen LogP contribution >= 0.6 is 31.9 Å². The molecule has 0 atom stereocenters. The minimum atomic E-state index is -1.27. The summed E-state index contributed by atoms with van der Waals surface area (Å²) in [5.74, 6) is -1.18. The number of aromatic hydroxyl groups is 2. The smallest absolute Gasteiger partial charge is 0.344 e. The van der Waals surface area contributed by atoms with Crippen LogP contribution in [0.25, 0.3) is 21.9 Å². The molecule has 8 nitrogen and oxygen atoms in total. The van der Waals surface area contributed by atoms with Crippen molar-refractivity contribution in [3.63, 3.8) is 0 Å². The molecule has 2 N–H and O–H groups in total. The maximum Gasteiger partial charge on any atom is 0.344 e. The van der Waals surface area contributed by atoms with Gasteiger partial charge in [-0.05, 0) is 54.1 Å². The summed E-state index contributed by atoms with van der Waals surface area (Å²) in [5.41, 5.74) is -1.54. The molecular weight excluding hydrogens is 600 g/mol. The minimum Gasteiger partial charge on any atom is -0.507 e. The molecule has 1 aliphatic heterocycles.